The van der Waals surface area contributed by atoms with Crippen LogP contribution >= 0.6 is 0 Å². The molecule has 8 heteroatoms. The number of para-hydroxylation sites is 1. The lowest BCUT2D eigenvalue weighted by atomic mass is 9.89. The quantitative estimate of drug-likeness (QED) is 0.321. The van der Waals surface area contributed by atoms with Gasteiger partial charge in [-0.05, 0) is 66.4 Å². The minimum Gasteiger partial charge on any atom is -0.463 e. The summed E-state index contributed by atoms with van der Waals surface area (Å²) < 4.78 is 12.2. The molecule has 1 amide bonds. The highest BCUT2D eigenvalue weighted by atomic mass is 16.5. The maximum absolute atomic E-state index is 12.9. The van der Waals surface area contributed by atoms with Gasteiger partial charge in [0.05, 0.1) is 30.9 Å². The summed E-state index contributed by atoms with van der Waals surface area (Å²) in [6.45, 7) is 4.48. The molecule has 8 nitrogen and oxygen atoms in total. The van der Waals surface area contributed by atoms with E-state index in [1.165, 1.54) is 15.8 Å². The molecule has 204 valence electrons. The number of hydrazone groups is 1. The van der Waals surface area contributed by atoms with Gasteiger partial charge in [0, 0.05) is 30.6 Å². The Hall–Kier alpha value is -4.14. The fourth-order valence-electron chi connectivity index (χ4n) is 5.47. The zero-order valence-corrected chi connectivity index (χ0v) is 22.6. The normalized spacial score (nSPS) is 21.0. The molecule has 4 aromatic rings. The first kappa shape index (κ1) is 26.1. The molecule has 1 N–H and O–H groups in total. The SMILES string of the molecule is CC1=NN(c2ccccc2)C(=O)C1CCOc1ncc(C2CCNCC2OCc2ccc3ccccc3c2)cn1. The van der Waals surface area contributed by atoms with Crippen molar-refractivity contribution in [3.8, 4) is 6.01 Å². The van der Waals surface area contributed by atoms with E-state index >= 15 is 0 Å². The smallest absolute Gasteiger partial charge is 0.316 e. The fraction of sp³-hybridized carbons (Fsp3) is 0.312. The number of hydrogen-bond donors (Lipinski definition) is 1. The summed E-state index contributed by atoms with van der Waals surface area (Å²) in [6.07, 6.45) is 5.18. The van der Waals surface area contributed by atoms with Crippen molar-refractivity contribution in [1.29, 1.82) is 0 Å². The Morgan fingerprint density at radius 3 is 2.58 bits per heavy atom. The minimum absolute atomic E-state index is 0.0267. The molecule has 3 atom stereocenters. The average Bonchev–Trinajstić information content (AvgIpc) is 3.29. The number of nitrogens with zero attached hydrogens (tertiary/aromatic N) is 4. The summed E-state index contributed by atoms with van der Waals surface area (Å²) >= 11 is 0. The number of ether oxygens (including phenoxy) is 2. The van der Waals surface area contributed by atoms with Gasteiger partial charge in [0.1, 0.15) is 0 Å². The van der Waals surface area contributed by atoms with Gasteiger partial charge in [0.25, 0.3) is 5.91 Å². The van der Waals surface area contributed by atoms with Crippen molar-refractivity contribution in [2.45, 2.75) is 38.4 Å². The minimum atomic E-state index is -0.310. The van der Waals surface area contributed by atoms with Gasteiger partial charge in [-0.1, -0.05) is 54.6 Å². The van der Waals surface area contributed by atoms with Crippen LogP contribution in [-0.2, 0) is 16.1 Å². The molecular weight excluding hydrogens is 502 g/mol. The van der Waals surface area contributed by atoms with Crippen LogP contribution in [0, 0.1) is 5.92 Å². The second kappa shape index (κ2) is 11.9. The first-order chi connectivity index (χ1) is 19.7. The van der Waals surface area contributed by atoms with E-state index in [2.05, 4.69) is 62.9 Å². The summed E-state index contributed by atoms with van der Waals surface area (Å²) in [5.41, 5.74) is 3.77. The maximum atomic E-state index is 12.9. The lowest BCUT2D eigenvalue weighted by Gasteiger charge is -2.32. The van der Waals surface area contributed by atoms with E-state index in [9.17, 15) is 4.79 Å². The van der Waals surface area contributed by atoms with Crippen LogP contribution in [0.15, 0.2) is 90.3 Å². The van der Waals surface area contributed by atoms with E-state index < -0.39 is 0 Å². The van der Waals surface area contributed by atoms with Crippen molar-refractivity contribution in [3.63, 3.8) is 0 Å². The molecule has 0 radical (unpaired) electrons. The number of piperidine rings is 1. The number of carbonyl (C=O) groups excluding carboxylic acids is 1. The van der Waals surface area contributed by atoms with E-state index in [-0.39, 0.29) is 23.8 Å². The van der Waals surface area contributed by atoms with E-state index in [1.807, 2.05) is 49.6 Å². The molecule has 0 bridgehead atoms. The molecule has 2 aliphatic heterocycles. The maximum Gasteiger partial charge on any atom is 0.316 e. The number of amides is 1. The number of fused-ring (bicyclic) bond motifs is 1. The Kier molecular flexibility index (Phi) is 7.79. The van der Waals surface area contributed by atoms with Crippen LogP contribution in [0.25, 0.3) is 10.8 Å². The van der Waals surface area contributed by atoms with E-state index in [0.717, 1.165) is 42.0 Å². The van der Waals surface area contributed by atoms with Gasteiger partial charge < -0.3 is 14.8 Å². The van der Waals surface area contributed by atoms with Crippen LogP contribution in [0.5, 0.6) is 6.01 Å². The van der Waals surface area contributed by atoms with Gasteiger partial charge in [-0.15, -0.1) is 0 Å². The lowest BCUT2D eigenvalue weighted by molar-refractivity contribution is -0.120. The van der Waals surface area contributed by atoms with Crippen LogP contribution in [0.4, 0.5) is 5.69 Å². The summed E-state index contributed by atoms with van der Waals surface area (Å²) in [6, 6.07) is 24.6. The Bertz CT molecular complexity index is 1490. The fourth-order valence-corrected chi connectivity index (χ4v) is 5.47. The molecule has 0 aliphatic carbocycles. The van der Waals surface area contributed by atoms with E-state index in [0.29, 0.717) is 25.6 Å². The van der Waals surface area contributed by atoms with Gasteiger partial charge in [-0.25, -0.2) is 15.0 Å². The average molecular weight is 536 g/mol. The van der Waals surface area contributed by atoms with Gasteiger partial charge in [-0.2, -0.15) is 5.10 Å². The highest BCUT2D eigenvalue weighted by Gasteiger charge is 2.34. The largest absolute Gasteiger partial charge is 0.463 e. The molecular formula is C32H33N5O3. The van der Waals surface area contributed by atoms with Crippen molar-refractivity contribution < 1.29 is 14.3 Å². The standard InChI is InChI=1S/C32H33N5O3/c1-22-28(31(38)37(36-22)27-9-3-2-4-10-27)14-16-39-32-34-18-26(19-35-32)29-13-15-33-20-30(29)40-21-23-11-12-24-7-5-6-8-25(24)17-23/h2-12,17-19,28-30,33H,13-16,20-21H2,1H3. The topological polar surface area (TPSA) is 88.9 Å². The zero-order valence-electron chi connectivity index (χ0n) is 22.6. The Balaban J connectivity index is 1.03. The van der Waals surface area contributed by atoms with Crippen molar-refractivity contribution in [2.75, 3.05) is 24.7 Å². The molecule has 3 unspecified atom stereocenters. The predicted molar refractivity (Wildman–Crippen MR) is 155 cm³/mol. The van der Waals surface area contributed by atoms with Crippen LogP contribution in [0.3, 0.4) is 0 Å². The highest BCUT2D eigenvalue weighted by molar-refractivity contribution is 6.14. The first-order valence-corrected chi connectivity index (χ1v) is 13.8. The number of rotatable bonds is 9. The molecule has 1 fully saturated rings. The lowest BCUT2D eigenvalue weighted by Crippen LogP contribution is -2.41. The zero-order chi connectivity index (χ0) is 27.3. The number of aromatic nitrogens is 2. The monoisotopic (exact) mass is 535 g/mol. The third-order valence-corrected chi connectivity index (χ3v) is 7.69. The number of hydrogen-bond acceptors (Lipinski definition) is 7. The van der Waals surface area contributed by atoms with Crippen molar-refractivity contribution >= 4 is 28.1 Å². The van der Waals surface area contributed by atoms with Crippen molar-refractivity contribution in [1.82, 2.24) is 15.3 Å². The van der Waals surface area contributed by atoms with Crippen LogP contribution in [0.2, 0.25) is 0 Å². The summed E-state index contributed by atoms with van der Waals surface area (Å²) in [4.78, 5) is 21.9. The van der Waals surface area contributed by atoms with Crippen LogP contribution < -0.4 is 15.1 Å². The number of benzene rings is 3. The molecule has 3 aromatic carbocycles. The Morgan fingerprint density at radius 1 is 0.975 bits per heavy atom. The molecule has 6 rings (SSSR count). The Morgan fingerprint density at radius 2 is 1.75 bits per heavy atom. The van der Waals surface area contributed by atoms with Crippen LogP contribution in [-0.4, -0.2) is 47.4 Å². The molecule has 1 saturated heterocycles. The second-order valence-electron chi connectivity index (χ2n) is 10.3. The Labute approximate surface area is 234 Å². The van der Waals surface area contributed by atoms with Gasteiger partial charge in [0.15, 0.2) is 0 Å². The third kappa shape index (κ3) is 5.73. The highest BCUT2D eigenvalue weighted by Crippen LogP contribution is 2.29. The van der Waals surface area contributed by atoms with Gasteiger partial charge in [0.2, 0.25) is 0 Å². The third-order valence-electron chi connectivity index (χ3n) is 7.69. The van der Waals surface area contributed by atoms with Crippen molar-refractivity contribution in [3.05, 3.63) is 96.3 Å². The first-order valence-electron chi connectivity index (χ1n) is 13.8. The second-order valence-corrected chi connectivity index (χ2v) is 10.3. The summed E-state index contributed by atoms with van der Waals surface area (Å²) in [5, 5.41) is 11.8. The summed E-state index contributed by atoms with van der Waals surface area (Å²) in [5.74, 6) is -0.145. The van der Waals surface area contributed by atoms with Gasteiger partial charge in [-0.3, -0.25) is 4.79 Å². The van der Waals surface area contributed by atoms with Crippen LogP contribution in [0.1, 0.15) is 36.8 Å². The molecule has 1 aromatic heterocycles. The number of carbonyl (C=O) groups is 1. The predicted octanol–water partition coefficient (Wildman–Crippen LogP) is 5.10. The molecule has 40 heavy (non-hydrogen) atoms. The number of anilines is 1. The van der Waals surface area contributed by atoms with E-state index in [1.54, 1.807) is 0 Å². The number of nitrogens with one attached hydrogen (secondary N) is 1. The van der Waals surface area contributed by atoms with Gasteiger partial charge >= 0.3 is 6.01 Å². The van der Waals surface area contributed by atoms with E-state index in [4.69, 9.17) is 9.47 Å². The molecule has 0 spiro atoms. The molecule has 0 saturated carbocycles. The molecule has 3 heterocycles. The van der Waals surface area contributed by atoms with Crippen molar-refractivity contribution in [2.24, 2.45) is 11.0 Å². The summed E-state index contributed by atoms with van der Waals surface area (Å²) in [7, 11) is 0. The molecule has 2 aliphatic rings.